The second kappa shape index (κ2) is 7.04. The van der Waals surface area contributed by atoms with Gasteiger partial charge in [-0.1, -0.05) is 41.3 Å². The summed E-state index contributed by atoms with van der Waals surface area (Å²) in [5.41, 5.74) is 0.219. The molecule has 2 fully saturated rings. The molecule has 0 radical (unpaired) electrons. The van der Waals surface area contributed by atoms with Gasteiger partial charge in [-0.05, 0) is 43.9 Å². The van der Waals surface area contributed by atoms with Crippen molar-refractivity contribution in [1.29, 1.82) is 0 Å². The summed E-state index contributed by atoms with van der Waals surface area (Å²) in [6, 6.07) is 7.93. The number of benzene rings is 1. The van der Waals surface area contributed by atoms with Crippen LogP contribution in [0.1, 0.15) is 51.4 Å². The van der Waals surface area contributed by atoms with Crippen LogP contribution in [0.3, 0.4) is 0 Å². The third kappa shape index (κ3) is 4.34. The molecule has 0 aliphatic heterocycles. The smallest absolute Gasteiger partial charge is 0.231 e. The van der Waals surface area contributed by atoms with E-state index in [1.165, 1.54) is 0 Å². The van der Waals surface area contributed by atoms with E-state index in [9.17, 15) is 9.59 Å². The Morgan fingerprint density at radius 1 is 1.17 bits per heavy atom. The van der Waals surface area contributed by atoms with Crippen molar-refractivity contribution in [2.24, 2.45) is 5.41 Å². The van der Waals surface area contributed by atoms with E-state index in [1.54, 1.807) is 0 Å². The molecular formula is C18H23BrN2O2. The molecule has 0 heterocycles. The van der Waals surface area contributed by atoms with Crippen LogP contribution in [0.2, 0.25) is 0 Å². The molecule has 23 heavy (non-hydrogen) atoms. The quantitative estimate of drug-likeness (QED) is 0.812. The van der Waals surface area contributed by atoms with Crippen molar-refractivity contribution < 1.29 is 9.59 Å². The van der Waals surface area contributed by atoms with Crippen LogP contribution in [0.25, 0.3) is 0 Å². The van der Waals surface area contributed by atoms with Crippen molar-refractivity contribution >= 4 is 33.4 Å². The van der Waals surface area contributed by atoms with E-state index in [1.807, 2.05) is 24.3 Å². The highest BCUT2D eigenvalue weighted by atomic mass is 79.9. The van der Waals surface area contributed by atoms with Crippen molar-refractivity contribution in [3.05, 3.63) is 28.7 Å². The van der Waals surface area contributed by atoms with Crippen molar-refractivity contribution in [2.45, 2.75) is 57.4 Å². The van der Waals surface area contributed by atoms with Gasteiger partial charge in [0, 0.05) is 22.6 Å². The van der Waals surface area contributed by atoms with Crippen LogP contribution in [0, 0.1) is 5.41 Å². The fourth-order valence-corrected chi connectivity index (χ4v) is 3.76. The number of amides is 2. The monoisotopic (exact) mass is 378 g/mol. The number of hydrogen-bond donors (Lipinski definition) is 2. The lowest BCUT2D eigenvalue weighted by molar-refractivity contribution is -0.134. The van der Waals surface area contributed by atoms with E-state index < -0.39 is 5.41 Å². The number of anilines is 1. The summed E-state index contributed by atoms with van der Waals surface area (Å²) in [4.78, 5) is 25.2. The molecule has 5 heteroatoms. The SMILES string of the molecule is O=C(CC1(C(=O)Nc2cccc(Br)c2)CCCCC1)NC1CC1. The fraction of sp³-hybridized carbons (Fsp3) is 0.556. The fourth-order valence-electron chi connectivity index (χ4n) is 3.36. The number of nitrogens with one attached hydrogen (secondary N) is 2. The molecule has 4 nitrogen and oxygen atoms in total. The van der Waals surface area contributed by atoms with Crippen LogP contribution >= 0.6 is 15.9 Å². The number of halogens is 1. The highest BCUT2D eigenvalue weighted by Gasteiger charge is 2.42. The molecule has 2 saturated carbocycles. The molecule has 0 unspecified atom stereocenters. The van der Waals surface area contributed by atoms with Gasteiger partial charge < -0.3 is 10.6 Å². The topological polar surface area (TPSA) is 58.2 Å². The Bertz CT molecular complexity index is 592. The van der Waals surface area contributed by atoms with Gasteiger partial charge in [-0.25, -0.2) is 0 Å². The molecule has 0 saturated heterocycles. The Kier molecular flexibility index (Phi) is 5.05. The number of rotatable bonds is 5. The van der Waals surface area contributed by atoms with Crippen LogP contribution in [-0.4, -0.2) is 17.9 Å². The summed E-state index contributed by atoms with van der Waals surface area (Å²) in [6.07, 6.45) is 7.23. The zero-order valence-corrected chi connectivity index (χ0v) is 14.8. The van der Waals surface area contributed by atoms with Gasteiger partial charge in [-0.15, -0.1) is 0 Å². The van der Waals surface area contributed by atoms with Gasteiger partial charge in [0.1, 0.15) is 0 Å². The molecule has 2 aliphatic carbocycles. The Morgan fingerprint density at radius 3 is 2.57 bits per heavy atom. The van der Waals surface area contributed by atoms with E-state index >= 15 is 0 Å². The molecule has 2 aliphatic rings. The summed E-state index contributed by atoms with van der Waals surface area (Å²) in [5.74, 6) is 0.0139. The van der Waals surface area contributed by atoms with Crippen LogP contribution in [0.15, 0.2) is 28.7 Å². The Labute approximate surface area is 145 Å². The first-order valence-electron chi connectivity index (χ1n) is 8.44. The van der Waals surface area contributed by atoms with Crippen molar-refractivity contribution in [1.82, 2.24) is 5.32 Å². The lowest BCUT2D eigenvalue weighted by Crippen LogP contribution is -2.42. The molecule has 0 aromatic heterocycles. The highest BCUT2D eigenvalue weighted by Crippen LogP contribution is 2.40. The molecule has 0 bridgehead atoms. The van der Waals surface area contributed by atoms with Gasteiger partial charge in [0.25, 0.3) is 0 Å². The predicted molar refractivity (Wildman–Crippen MR) is 94.1 cm³/mol. The zero-order chi connectivity index (χ0) is 16.3. The second-order valence-electron chi connectivity index (χ2n) is 6.82. The summed E-state index contributed by atoms with van der Waals surface area (Å²) < 4.78 is 0.930. The number of carbonyl (C=O) groups is 2. The molecule has 1 aromatic rings. The minimum atomic E-state index is -0.556. The number of hydrogen-bond acceptors (Lipinski definition) is 2. The Hall–Kier alpha value is -1.36. The first kappa shape index (κ1) is 16.5. The summed E-state index contributed by atoms with van der Waals surface area (Å²) in [6.45, 7) is 0. The third-order valence-electron chi connectivity index (χ3n) is 4.82. The van der Waals surface area contributed by atoms with Crippen LogP contribution in [0.5, 0.6) is 0 Å². The van der Waals surface area contributed by atoms with Gasteiger partial charge in [0.05, 0.1) is 5.41 Å². The third-order valence-corrected chi connectivity index (χ3v) is 5.31. The average molecular weight is 379 g/mol. The maximum absolute atomic E-state index is 12.9. The molecule has 124 valence electrons. The zero-order valence-electron chi connectivity index (χ0n) is 13.2. The van der Waals surface area contributed by atoms with Crippen molar-refractivity contribution in [3.63, 3.8) is 0 Å². The summed E-state index contributed by atoms with van der Waals surface area (Å²) in [5, 5.41) is 6.05. The Morgan fingerprint density at radius 2 is 1.91 bits per heavy atom. The van der Waals surface area contributed by atoms with E-state index in [4.69, 9.17) is 0 Å². The van der Waals surface area contributed by atoms with E-state index in [0.717, 1.165) is 55.1 Å². The lowest BCUT2D eigenvalue weighted by atomic mass is 9.71. The normalized spacial score (nSPS) is 19.9. The minimum absolute atomic E-state index is 0.0127. The molecule has 0 spiro atoms. The molecule has 3 rings (SSSR count). The van der Waals surface area contributed by atoms with Gasteiger partial charge in [0.2, 0.25) is 11.8 Å². The molecule has 1 aromatic carbocycles. The summed E-state index contributed by atoms with van der Waals surface area (Å²) >= 11 is 3.42. The molecular weight excluding hydrogens is 356 g/mol. The first-order valence-corrected chi connectivity index (χ1v) is 9.23. The molecule has 2 amide bonds. The van der Waals surface area contributed by atoms with E-state index in [2.05, 4.69) is 26.6 Å². The van der Waals surface area contributed by atoms with Crippen LogP contribution < -0.4 is 10.6 Å². The van der Waals surface area contributed by atoms with Gasteiger partial charge in [-0.2, -0.15) is 0 Å². The Balaban J connectivity index is 1.71. The lowest BCUT2D eigenvalue weighted by Gasteiger charge is -2.35. The van der Waals surface area contributed by atoms with E-state index in [-0.39, 0.29) is 11.8 Å². The van der Waals surface area contributed by atoms with Crippen molar-refractivity contribution in [2.75, 3.05) is 5.32 Å². The summed E-state index contributed by atoms with van der Waals surface area (Å²) in [7, 11) is 0. The van der Waals surface area contributed by atoms with Gasteiger partial charge >= 0.3 is 0 Å². The average Bonchev–Trinajstić information content (AvgIpc) is 3.32. The van der Waals surface area contributed by atoms with E-state index in [0.29, 0.717) is 12.5 Å². The number of carbonyl (C=O) groups excluding carboxylic acids is 2. The largest absolute Gasteiger partial charge is 0.353 e. The maximum atomic E-state index is 12.9. The van der Waals surface area contributed by atoms with Crippen LogP contribution in [-0.2, 0) is 9.59 Å². The molecule has 0 atom stereocenters. The van der Waals surface area contributed by atoms with Gasteiger partial charge in [0.15, 0.2) is 0 Å². The molecule has 2 N–H and O–H groups in total. The highest BCUT2D eigenvalue weighted by molar-refractivity contribution is 9.10. The first-order chi connectivity index (χ1) is 11.1. The maximum Gasteiger partial charge on any atom is 0.231 e. The minimum Gasteiger partial charge on any atom is -0.353 e. The van der Waals surface area contributed by atoms with Crippen LogP contribution in [0.4, 0.5) is 5.69 Å². The van der Waals surface area contributed by atoms with Crippen molar-refractivity contribution in [3.8, 4) is 0 Å². The second-order valence-corrected chi connectivity index (χ2v) is 7.74. The van der Waals surface area contributed by atoms with Gasteiger partial charge in [-0.3, -0.25) is 9.59 Å². The predicted octanol–water partition coefficient (Wildman–Crippen LogP) is 4.01. The standard InChI is InChI=1S/C18H23BrN2O2/c19-13-5-4-6-15(11-13)21-17(23)18(9-2-1-3-10-18)12-16(22)20-14-7-8-14/h4-6,11,14H,1-3,7-10,12H2,(H,20,22)(H,21,23).